The van der Waals surface area contributed by atoms with Crippen molar-refractivity contribution in [2.24, 2.45) is 0 Å². The normalized spacial score (nSPS) is 10.7. The van der Waals surface area contributed by atoms with Gasteiger partial charge in [-0.05, 0) is 16.7 Å². The van der Waals surface area contributed by atoms with E-state index in [4.69, 9.17) is 28.3 Å². The summed E-state index contributed by atoms with van der Waals surface area (Å²) in [5.74, 6) is -2.84. The highest BCUT2D eigenvalue weighted by Crippen LogP contribution is 2.42. The Morgan fingerprint density at radius 3 is 2.32 bits per heavy atom. The van der Waals surface area contributed by atoms with Gasteiger partial charge < -0.3 is 20.1 Å². The zero-order valence-corrected chi connectivity index (χ0v) is 18.9. The lowest BCUT2D eigenvalue weighted by Crippen LogP contribution is -2.30. The Labute approximate surface area is 203 Å². The monoisotopic (exact) mass is 494 g/mol. The molecule has 0 unspecified atom stereocenters. The molecule has 0 fully saturated rings. The van der Waals surface area contributed by atoms with E-state index >= 15 is 0 Å². The van der Waals surface area contributed by atoms with Crippen molar-refractivity contribution >= 4 is 46.0 Å². The summed E-state index contributed by atoms with van der Waals surface area (Å²) in [6.45, 7) is -0.466. The van der Waals surface area contributed by atoms with Gasteiger partial charge in [-0.2, -0.15) is 5.26 Å². The average molecular weight is 495 g/mol. The van der Waals surface area contributed by atoms with Crippen molar-refractivity contribution in [3.8, 4) is 22.9 Å². The van der Waals surface area contributed by atoms with Crippen LogP contribution >= 0.6 is 23.2 Å². The van der Waals surface area contributed by atoms with Crippen LogP contribution in [0.2, 0.25) is 10.2 Å². The number of fused-ring (bicyclic) bond motifs is 1. The lowest BCUT2D eigenvalue weighted by atomic mass is 10.0. The van der Waals surface area contributed by atoms with Gasteiger partial charge in [0.1, 0.15) is 17.8 Å². The number of carbonyl (C=O) groups is 2. The fraction of sp³-hybridized carbons (Fsp3) is 0.0833. The van der Waals surface area contributed by atoms with Gasteiger partial charge in [0.05, 0.1) is 15.9 Å². The Morgan fingerprint density at radius 2 is 1.71 bits per heavy atom. The van der Waals surface area contributed by atoms with Crippen molar-refractivity contribution < 1.29 is 19.8 Å². The molecule has 34 heavy (non-hydrogen) atoms. The first-order valence-corrected chi connectivity index (χ1v) is 10.7. The number of aliphatic carboxylic acids is 1. The first kappa shape index (κ1) is 23.1. The highest BCUT2D eigenvalue weighted by Gasteiger charge is 2.27. The van der Waals surface area contributed by atoms with Gasteiger partial charge in [-0.1, -0.05) is 77.8 Å². The summed E-state index contributed by atoms with van der Waals surface area (Å²) in [6, 6.07) is 19.5. The SMILES string of the molecule is N#Cc1nc(C(=O)NCC(=O)O)c(O)c2c(Cl)c(Cl)n(Cc3ccc(-c4ccccc4)cc3)c12. The van der Waals surface area contributed by atoms with Crippen LogP contribution in [0.25, 0.3) is 22.0 Å². The van der Waals surface area contributed by atoms with Crippen molar-refractivity contribution in [3.63, 3.8) is 0 Å². The number of hydrogen-bond acceptors (Lipinski definition) is 5. The predicted molar refractivity (Wildman–Crippen MR) is 127 cm³/mol. The Hall–Kier alpha value is -4.06. The maximum absolute atomic E-state index is 12.3. The number of amides is 1. The van der Waals surface area contributed by atoms with Gasteiger partial charge >= 0.3 is 5.97 Å². The van der Waals surface area contributed by atoms with Crippen LogP contribution in [0.15, 0.2) is 54.6 Å². The molecule has 0 atom stereocenters. The Balaban J connectivity index is 1.76. The molecule has 4 aromatic rings. The summed E-state index contributed by atoms with van der Waals surface area (Å²) < 4.78 is 1.53. The average Bonchev–Trinajstić information content (AvgIpc) is 3.09. The van der Waals surface area contributed by atoms with Gasteiger partial charge in [0.2, 0.25) is 0 Å². The number of nitrogens with one attached hydrogen (secondary N) is 1. The van der Waals surface area contributed by atoms with Crippen molar-refractivity contribution in [2.45, 2.75) is 6.54 Å². The number of halogens is 2. The van der Waals surface area contributed by atoms with Gasteiger partial charge in [0, 0.05) is 6.54 Å². The van der Waals surface area contributed by atoms with Gasteiger partial charge in [-0.25, -0.2) is 4.98 Å². The highest BCUT2D eigenvalue weighted by molar-refractivity contribution is 6.46. The predicted octanol–water partition coefficient (Wildman–Crippen LogP) is 4.45. The maximum Gasteiger partial charge on any atom is 0.322 e. The smallest absolute Gasteiger partial charge is 0.322 e. The molecule has 0 radical (unpaired) electrons. The Bertz CT molecular complexity index is 1460. The minimum Gasteiger partial charge on any atom is -0.505 e. The van der Waals surface area contributed by atoms with Crippen LogP contribution in [-0.2, 0) is 11.3 Å². The van der Waals surface area contributed by atoms with E-state index in [1.165, 1.54) is 4.57 Å². The summed E-state index contributed by atoms with van der Waals surface area (Å²) in [7, 11) is 0. The first-order valence-electron chi connectivity index (χ1n) is 9.96. The standard InChI is InChI=1S/C24H16Cl2N4O4/c25-19-18-21(16(10-27)29-20(22(18)33)24(34)28-11-17(31)32)30(23(19)26)12-13-6-8-15(9-7-13)14-4-2-1-3-5-14/h1-9,33H,11-12H2,(H,28,34)(H,31,32). The number of nitrogens with zero attached hydrogens (tertiary/aromatic N) is 3. The Morgan fingerprint density at radius 1 is 1.06 bits per heavy atom. The molecule has 4 rings (SSSR count). The van der Waals surface area contributed by atoms with Crippen molar-refractivity contribution in [2.75, 3.05) is 6.54 Å². The van der Waals surface area contributed by atoms with Crippen LogP contribution in [0.4, 0.5) is 0 Å². The van der Waals surface area contributed by atoms with Gasteiger partial charge in [-0.3, -0.25) is 9.59 Å². The summed E-state index contributed by atoms with van der Waals surface area (Å²) in [6.07, 6.45) is 0. The minimum atomic E-state index is -1.28. The van der Waals surface area contributed by atoms with E-state index in [9.17, 15) is 20.0 Å². The molecule has 3 N–H and O–H groups in total. The number of benzene rings is 2. The van der Waals surface area contributed by atoms with E-state index in [0.717, 1.165) is 16.7 Å². The lowest BCUT2D eigenvalue weighted by molar-refractivity contribution is -0.135. The first-order chi connectivity index (χ1) is 16.3. The number of aromatic nitrogens is 2. The molecule has 2 heterocycles. The second-order valence-electron chi connectivity index (χ2n) is 7.32. The van der Waals surface area contributed by atoms with Crippen LogP contribution < -0.4 is 5.32 Å². The zero-order valence-electron chi connectivity index (χ0n) is 17.4. The molecule has 2 aromatic carbocycles. The van der Waals surface area contributed by atoms with E-state index in [2.05, 4.69) is 10.3 Å². The third kappa shape index (κ3) is 4.27. The molecular formula is C24H16Cl2N4O4. The molecule has 0 aliphatic carbocycles. The number of pyridine rings is 1. The number of aromatic hydroxyl groups is 1. The van der Waals surface area contributed by atoms with Crippen molar-refractivity contribution in [1.82, 2.24) is 14.9 Å². The molecule has 0 aliphatic rings. The summed E-state index contributed by atoms with van der Waals surface area (Å²) in [4.78, 5) is 27.0. The van der Waals surface area contributed by atoms with Crippen LogP contribution in [0.3, 0.4) is 0 Å². The summed E-state index contributed by atoms with van der Waals surface area (Å²) in [5, 5.41) is 31.3. The molecule has 0 saturated heterocycles. The van der Waals surface area contributed by atoms with Crippen LogP contribution in [0.1, 0.15) is 21.7 Å². The molecule has 0 saturated carbocycles. The molecule has 10 heteroatoms. The van der Waals surface area contributed by atoms with E-state index in [1.54, 1.807) is 0 Å². The molecule has 0 spiro atoms. The number of carboxylic acids is 1. The van der Waals surface area contributed by atoms with Crippen LogP contribution in [0.5, 0.6) is 5.75 Å². The molecule has 8 nitrogen and oxygen atoms in total. The molecule has 1 amide bonds. The highest BCUT2D eigenvalue weighted by atomic mass is 35.5. The fourth-order valence-corrected chi connectivity index (χ4v) is 4.12. The molecule has 0 aliphatic heterocycles. The van der Waals surface area contributed by atoms with Gasteiger partial charge in [0.25, 0.3) is 5.91 Å². The van der Waals surface area contributed by atoms with E-state index in [-0.39, 0.29) is 33.3 Å². The molecular weight excluding hydrogens is 479 g/mol. The van der Waals surface area contributed by atoms with Crippen molar-refractivity contribution in [3.05, 3.63) is 81.7 Å². The van der Waals surface area contributed by atoms with E-state index in [1.807, 2.05) is 60.7 Å². The third-order valence-corrected chi connectivity index (χ3v) is 6.03. The number of hydrogen-bond donors (Lipinski definition) is 3. The summed E-state index contributed by atoms with van der Waals surface area (Å²) in [5.41, 5.74) is 2.39. The maximum atomic E-state index is 12.3. The Kier molecular flexibility index (Phi) is 6.41. The third-order valence-electron chi connectivity index (χ3n) is 5.18. The molecule has 2 aromatic heterocycles. The fourth-order valence-electron chi connectivity index (χ4n) is 3.60. The van der Waals surface area contributed by atoms with Crippen molar-refractivity contribution in [1.29, 1.82) is 5.26 Å². The quantitative estimate of drug-likeness (QED) is 0.363. The van der Waals surface area contributed by atoms with E-state index < -0.39 is 29.9 Å². The number of nitriles is 1. The minimum absolute atomic E-state index is 0.0143. The van der Waals surface area contributed by atoms with Crippen LogP contribution in [-0.4, -0.2) is 38.2 Å². The molecule has 0 bridgehead atoms. The second kappa shape index (κ2) is 9.43. The number of carboxylic acid groups (broad SMARTS) is 1. The number of rotatable bonds is 6. The second-order valence-corrected chi connectivity index (χ2v) is 8.06. The van der Waals surface area contributed by atoms with Crippen LogP contribution in [0, 0.1) is 11.3 Å². The molecule has 170 valence electrons. The lowest BCUT2D eigenvalue weighted by Gasteiger charge is -2.11. The topological polar surface area (TPSA) is 128 Å². The number of carbonyl (C=O) groups excluding carboxylic acids is 1. The van der Waals surface area contributed by atoms with E-state index in [0.29, 0.717) is 0 Å². The van der Waals surface area contributed by atoms with Gasteiger partial charge in [0.15, 0.2) is 17.1 Å². The summed E-state index contributed by atoms with van der Waals surface area (Å²) >= 11 is 12.8. The zero-order chi connectivity index (χ0) is 24.4. The largest absolute Gasteiger partial charge is 0.505 e. The van der Waals surface area contributed by atoms with Gasteiger partial charge in [-0.15, -0.1) is 0 Å².